The fourth-order valence-electron chi connectivity index (χ4n) is 3.35. The van der Waals surface area contributed by atoms with Crippen molar-refractivity contribution >= 4 is 29.2 Å². The van der Waals surface area contributed by atoms with E-state index in [9.17, 15) is 9.59 Å². The molecule has 0 unspecified atom stereocenters. The van der Waals surface area contributed by atoms with Crippen molar-refractivity contribution in [1.29, 1.82) is 0 Å². The van der Waals surface area contributed by atoms with Crippen molar-refractivity contribution in [3.8, 4) is 0 Å². The summed E-state index contributed by atoms with van der Waals surface area (Å²) < 4.78 is 0. The number of benzene rings is 2. The second-order valence-electron chi connectivity index (χ2n) is 7.34. The Hall–Kier alpha value is -2.53. The smallest absolute Gasteiger partial charge is 0.321 e. The van der Waals surface area contributed by atoms with Crippen LogP contribution < -0.4 is 10.6 Å². The summed E-state index contributed by atoms with van der Waals surface area (Å²) >= 11 is 5.95. The van der Waals surface area contributed by atoms with Gasteiger partial charge in [0.25, 0.3) is 0 Å². The van der Waals surface area contributed by atoms with Gasteiger partial charge in [0.1, 0.15) is 0 Å². The first-order chi connectivity index (χ1) is 13.5. The molecule has 2 N–H and O–H groups in total. The summed E-state index contributed by atoms with van der Waals surface area (Å²) in [6, 6.07) is 15.2. The second kappa shape index (κ2) is 9.60. The molecule has 0 saturated carbocycles. The van der Waals surface area contributed by atoms with E-state index < -0.39 is 0 Å². The number of hydrogen-bond donors (Lipinski definition) is 2. The van der Waals surface area contributed by atoms with E-state index in [2.05, 4.69) is 10.6 Å². The molecule has 3 rings (SSSR count). The lowest BCUT2D eigenvalue weighted by Gasteiger charge is -2.31. The SMILES string of the molecule is Cc1ccc(CNC(=O)CC2CCN(C(=O)Nc3cccc(Cl)c3)CC2)cc1. The normalized spacial score (nSPS) is 14.6. The van der Waals surface area contributed by atoms with E-state index in [0.29, 0.717) is 42.7 Å². The zero-order valence-corrected chi connectivity index (χ0v) is 16.8. The van der Waals surface area contributed by atoms with Gasteiger partial charge in [-0.15, -0.1) is 0 Å². The summed E-state index contributed by atoms with van der Waals surface area (Å²) in [4.78, 5) is 26.4. The van der Waals surface area contributed by atoms with Crippen molar-refractivity contribution < 1.29 is 9.59 Å². The monoisotopic (exact) mass is 399 g/mol. The van der Waals surface area contributed by atoms with Gasteiger partial charge in [-0.1, -0.05) is 47.5 Å². The summed E-state index contributed by atoms with van der Waals surface area (Å²) in [5, 5.41) is 6.46. The topological polar surface area (TPSA) is 61.4 Å². The molecule has 3 amide bonds. The van der Waals surface area contributed by atoms with Crippen LogP contribution in [0.1, 0.15) is 30.4 Å². The molecule has 1 aliphatic rings. The molecule has 0 atom stereocenters. The third-order valence-corrected chi connectivity index (χ3v) is 5.30. The van der Waals surface area contributed by atoms with Crippen LogP contribution in [0.5, 0.6) is 0 Å². The van der Waals surface area contributed by atoms with Crippen LogP contribution in [0.2, 0.25) is 5.02 Å². The number of aryl methyl sites for hydroxylation is 1. The van der Waals surface area contributed by atoms with Gasteiger partial charge in [0.2, 0.25) is 5.91 Å². The molecule has 0 radical (unpaired) electrons. The van der Waals surface area contributed by atoms with Crippen LogP contribution in [-0.2, 0) is 11.3 Å². The summed E-state index contributed by atoms with van der Waals surface area (Å²) in [5.74, 6) is 0.385. The van der Waals surface area contributed by atoms with Crippen LogP contribution in [0.4, 0.5) is 10.5 Å². The van der Waals surface area contributed by atoms with Crippen molar-refractivity contribution in [3.63, 3.8) is 0 Å². The number of rotatable bonds is 5. The van der Waals surface area contributed by atoms with Gasteiger partial charge in [0, 0.05) is 36.8 Å². The first kappa shape index (κ1) is 20.2. The Balaban J connectivity index is 1.39. The van der Waals surface area contributed by atoms with E-state index in [1.807, 2.05) is 37.3 Å². The average Bonchev–Trinajstić information content (AvgIpc) is 2.68. The van der Waals surface area contributed by atoms with Crippen molar-refractivity contribution in [2.45, 2.75) is 32.7 Å². The first-order valence-corrected chi connectivity index (χ1v) is 10.0. The van der Waals surface area contributed by atoms with E-state index in [1.54, 1.807) is 23.1 Å². The predicted molar refractivity (Wildman–Crippen MR) is 112 cm³/mol. The van der Waals surface area contributed by atoms with Crippen molar-refractivity contribution in [1.82, 2.24) is 10.2 Å². The molecule has 1 saturated heterocycles. The van der Waals surface area contributed by atoms with E-state index in [1.165, 1.54) is 5.56 Å². The van der Waals surface area contributed by atoms with Crippen LogP contribution in [-0.4, -0.2) is 29.9 Å². The Kier molecular flexibility index (Phi) is 6.93. The number of urea groups is 1. The minimum atomic E-state index is -0.121. The van der Waals surface area contributed by atoms with E-state index in [4.69, 9.17) is 11.6 Å². The number of carbonyl (C=O) groups is 2. The van der Waals surface area contributed by atoms with Crippen LogP contribution in [0.25, 0.3) is 0 Å². The first-order valence-electron chi connectivity index (χ1n) is 9.63. The van der Waals surface area contributed by atoms with Crippen molar-refractivity contribution in [3.05, 3.63) is 64.7 Å². The molecule has 0 spiro atoms. The molecular formula is C22H26ClN3O2. The van der Waals surface area contributed by atoms with Crippen molar-refractivity contribution in [2.75, 3.05) is 18.4 Å². The maximum atomic E-state index is 12.4. The third kappa shape index (κ3) is 5.99. The van der Waals surface area contributed by atoms with Crippen LogP contribution >= 0.6 is 11.6 Å². The zero-order chi connectivity index (χ0) is 19.9. The molecule has 0 aliphatic carbocycles. The molecule has 2 aromatic carbocycles. The Morgan fingerprint density at radius 2 is 1.82 bits per heavy atom. The molecule has 1 fully saturated rings. The Labute approximate surface area is 171 Å². The maximum absolute atomic E-state index is 12.4. The summed E-state index contributed by atoms with van der Waals surface area (Å²) in [6.45, 7) is 3.91. The minimum absolute atomic E-state index is 0.0717. The lowest BCUT2D eigenvalue weighted by atomic mass is 9.93. The van der Waals surface area contributed by atoms with Crippen LogP contribution in [0.3, 0.4) is 0 Å². The fourth-order valence-corrected chi connectivity index (χ4v) is 3.54. The number of piperidine rings is 1. The number of nitrogens with one attached hydrogen (secondary N) is 2. The number of nitrogens with zero attached hydrogens (tertiary/aromatic N) is 1. The van der Waals surface area contributed by atoms with E-state index in [-0.39, 0.29) is 11.9 Å². The second-order valence-corrected chi connectivity index (χ2v) is 7.77. The van der Waals surface area contributed by atoms with Gasteiger partial charge in [0.15, 0.2) is 0 Å². The standard InChI is InChI=1S/C22H26ClN3O2/c1-16-5-7-18(8-6-16)15-24-21(27)13-17-9-11-26(12-10-17)22(28)25-20-4-2-3-19(23)14-20/h2-8,14,17H,9-13,15H2,1H3,(H,24,27)(H,25,28). The Morgan fingerprint density at radius 3 is 2.50 bits per heavy atom. The Bertz CT molecular complexity index is 815. The quantitative estimate of drug-likeness (QED) is 0.771. The lowest BCUT2D eigenvalue weighted by Crippen LogP contribution is -2.41. The molecule has 28 heavy (non-hydrogen) atoms. The molecule has 1 aliphatic heterocycles. The highest BCUT2D eigenvalue weighted by atomic mass is 35.5. The molecule has 5 nitrogen and oxygen atoms in total. The van der Waals surface area contributed by atoms with Crippen LogP contribution in [0.15, 0.2) is 48.5 Å². The van der Waals surface area contributed by atoms with Gasteiger partial charge in [-0.25, -0.2) is 4.79 Å². The highest BCUT2D eigenvalue weighted by molar-refractivity contribution is 6.30. The summed E-state index contributed by atoms with van der Waals surface area (Å²) in [6.07, 6.45) is 2.18. The van der Waals surface area contributed by atoms with Gasteiger partial charge < -0.3 is 15.5 Å². The average molecular weight is 400 g/mol. The summed E-state index contributed by atoms with van der Waals surface area (Å²) in [5.41, 5.74) is 3.00. The zero-order valence-electron chi connectivity index (χ0n) is 16.1. The van der Waals surface area contributed by atoms with Gasteiger partial charge in [-0.05, 0) is 49.4 Å². The van der Waals surface area contributed by atoms with E-state index in [0.717, 1.165) is 18.4 Å². The number of carbonyl (C=O) groups excluding carboxylic acids is 2. The molecule has 1 heterocycles. The van der Waals surface area contributed by atoms with Gasteiger partial charge in [-0.3, -0.25) is 4.79 Å². The Morgan fingerprint density at radius 1 is 1.11 bits per heavy atom. The summed E-state index contributed by atoms with van der Waals surface area (Å²) in [7, 11) is 0. The molecule has 148 valence electrons. The van der Waals surface area contributed by atoms with Gasteiger partial charge in [0.05, 0.1) is 0 Å². The molecule has 0 aromatic heterocycles. The number of hydrogen-bond acceptors (Lipinski definition) is 2. The number of amides is 3. The number of halogens is 1. The fraction of sp³-hybridized carbons (Fsp3) is 0.364. The lowest BCUT2D eigenvalue weighted by molar-refractivity contribution is -0.122. The molecule has 2 aromatic rings. The minimum Gasteiger partial charge on any atom is -0.352 e. The van der Waals surface area contributed by atoms with Gasteiger partial charge in [-0.2, -0.15) is 0 Å². The van der Waals surface area contributed by atoms with Crippen molar-refractivity contribution in [2.24, 2.45) is 5.92 Å². The predicted octanol–water partition coefficient (Wildman–Crippen LogP) is 4.60. The number of likely N-dealkylation sites (tertiary alicyclic amines) is 1. The molecular weight excluding hydrogens is 374 g/mol. The van der Waals surface area contributed by atoms with E-state index >= 15 is 0 Å². The third-order valence-electron chi connectivity index (χ3n) is 5.06. The highest BCUT2D eigenvalue weighted by Gasteiger charge is 2.24. The maximum Gasteiger partial charge on any atom is 0.321 e. The van der Waals surface area contributed by atoms with Gasteiger partial charge >= 0.3 is 6.03 Å². The van der Waals surface area contributed by atoms with Crippen LogP contribution in [0, 0.1) is 12.8 Å². The number of anilines is 1. The molecule has 0 bridgehead atoms. The molecule has 6 heteroatoms. The largest absolute Gasteiger partial charge is 0.352 e. The highest BCUT2D eigenvalue weighted by Crippen LogP contribution is 2.22.